The Hall–Kier alpha value is -4.05. The summed E-state index contributed by atoms with van der Waals surface area (Å²) >= 11 is 5.88. The molecule has 2 N–H and O–H groups in total. The normalized spacial score (nSPS) is 11.3. The Kier molecular flexibility index (Phi) is 5.93. The van der Waals surface area contributed by atoms with Gasteiger partial charge >= 0.3 is 6.18 Å². The molecule has 2 aromatic carbocycles. The molecule has 0 aliphatic rings. The minimum absolute atomic E-state index is 0.0523. The highest BCUT2D eigenvalue weighted by Gasteiger charge is 2.40. The molecule has 2 heterocycles. The maximum Gasteiger partial charge on any atom is 0.434 e. The van der Waals surface area contributed by atoms with Crippen LogP contribution >= 0.6 is 11.6 Å². The second-order valence-electron chi connectivity index (χ2n) is 6.76. The van der Waals surface area contributed by atoms with Crippen LogP contribution in [0.4, 0.5) is 24.5 Å². The molecule has 0 spiro atoms. The fraction of sp³-hybridized carbons (Fsp3) is 0.0455. The SMILES string of the molecule is O=C(Nc1cccc(NC(=O)c2cnn(-c3cccc(Cl)c3)c2C(F)(F)F)c1)c1ccco1. The Morgan fingerprint density at radius 2 is 1.64 bits per heavy atom. The first-order valence-electron chi connectivity index (χ1n) is 9.40. The molecule has 0 aliphatic carbocycles. The van der Waals surface area contributed by atoms with E-state index in [1.807, 2.05) is 0 Å². The van der Waals surface area contributed by atoms with E-state index in [-0.39, 0.29) is 22.2 Å². The van der Waals surface area contributed by atoms with Gasteiger partial charge in [-0.1, -0.05) is 23.7 Å². The molecule has 11 heteroatoms. The molecular weight excluding hydrogens is 461 g/mol. The van der Waals surface area contributed by atoms with Crippen molar-refractivity contribution in [3.05, 3.63) is 95.2 Å². The third-order valence-corrected chi connectivity index (χ3v) is 4.69. The fourth-order valence-corrected chi connectivity index (χ4v) is 3.25. The van der Waals surface area contributed by atoms with Crippen molar-refractivity contribution in [2.45, 2.75) is 6.18 Å². The largest absolute Gasteiger partial charge is 0.459 e. The molecule has 0 radical (unpaired) electrons. The second-order valence-corrected chi connectivity index (χ2v) is 7.20. The zero-order chi connectivity index (χ0) is 23.6. The van der Waals surface area contributed by atoms with Crippen molar-refractivity contribution >= 4 is 34.8 Å². The van der Waals surface area contributed by atoms with E-state index in [0.717, 1.165) is 6.20 Å². The van der Waals surface area contributed by atoms with E-state index in [9.17, 15) is 22.8 Å². The Morgan fingerprint density at radius 1 is 0.939 bits per heavy atom. The standard InChI is InChI=1S/C22H14ClF3N4O3/c23-13-4-1-7-16(10-13)30-19(22(24,25)26)17(12-27-30)20(31)28-14-5-2-6-15(11-14)29-21(32)18-8-3-9-33-18/h1-12H,(H,28,31)(H,29,32). The summed E-state index contributed by atoms with van der Waals surface area (Å²) in [6.07, 6.45) is -2.70. The molecule has 0 fully saturated rings. The zero-order valence-electron chi connectivity index (χ0n) is 16.6. The lowest BCUT2D eigenvalue weighted by molar-refractivity contribution is -0.143. The van der Waals surface area contributed by atoms with Gasteiger partial charge in [-0.05, 0) is 48.5 Å². The number of alkyl halides is 3. The summed E-state index contributed by atoms with van der Waals surface area (Å²) in [4.78, 5) is 24.8. The molecule has 0 atom stereocenters. The number of carbonyl (C=O) groups excluding carboxylic acids is 2. The van der Waals surface area contributed by atoms with Crippen LogP contribution in [0.5, 0.6) is 0 Å². The van der Waals surface area contributed by atoms with E-state index < -0.39 is 29.2 Å². The number of anilines is 2. The minimum atomic E-state index is -4.87. The predicted octanol–water partition coefficient (Wildman–Crippen LogP) is 5.64. The monoisotopic (exact) mass is 474 g/mol. The van der Waals surface area contributed by atoms with Crippen molar-refractivity contribution in [2.75, 3.05) is 10.6 Å². The van der Waals surface area contributed by atoms with E-state index in [1.54, 1.807) is 12.1 Å². The van der Waals surface area contributed by atoms with Gasteiger partial charge in [0.2, 0.25) is 0 Å². The Morgan fingerprint density at radius 3 is 2.27 bits per heavy atom. The van der Waals surface area contributed by atoms with Crippen molar-refractivity contribution in [1.29, 1.82) is 0 Å². The predicted molar refractivity (Wildman–Crippen MR) is 115 cm³/mol. The smallest absolute Gasteiger partial charge is 0.434 e. The molecule has 2 amide bonds. The number of furan rings is 1. The van der Waals surface area contributed by atoms with Crippen LogP contribution in [0.15, 0.2) is 77.5 Å². The number of benzene rings is 2. The van der Waals surface area contributed by atoms with Crippen LogP contribution in [0.1, 0.15) is 26.6 Å². The first kappa shape index (κ1) is 22.2. The van der Waals surface area contributed by atoms with Crippen molar-refractivity contribution < 1.29 is 27.2 Å². The maximum absolute atomic E-state index is 13.8. The number of amides is 2. The highest BCUT2D eigenvalue weighted by Crippen LogP contribution is 2.34. The molecule has 168 valence electrons. The highest BCUT2D eigenvalue weighted by atomic mass is 35.5. The number of carbonyl (C=O) groups is 2. The van der Waals surface area contributed by atoms with Crippen molar-refractivity contribution in [2.24, 2.45) is 0 Å². The van der Waals surface area contributed by atoms with Gasteiger partial charge in [-0.2, -0.15) is 18.3 Å². The number of halogens is 4. The van der Waals surface area contributed by atoms with E-state index in [4.69, 9.17) is 16.0 Å². The summed E-state index contributed by atoms with van der Waals surface area (Å²) in [6, 6.07) is 14.6. The van der Waals surface area contributed by atoms with Crippen LogP contribution in [0.25, 0.3) is 5.69 Å². The van der Waals surface area contributed by atoms with Crippen molar-refractivity contribution in [3.63, 3.8) is 0 Å². The number of hydrogen-bond donors (Lipinski definition) is 2. The number of aromatic nitrogens is 2. The molecular formula is C22H14ClF3N4O3. The summed E-state index contributed by atoms with van der Waals surface area (Å²) in [5.41, 5.74) is -1.39. The van der Waals surface area contributed by atoms with E-state index in [1.165, 1.54) is 54.8 Å². The van der Waals surface area contributed by atoms with Gasteiger partial charge < -0.3 is 15.1 Å². The van der Waals surface area contributed by atoms with Gasteiger partial charge in [0.25, 0.3) is 11.8 Å². The molecule has 33 heavy (non-hydrogen) atoms. The maximum atomic E-state index is 13.8. The minimum Gasteiger partial charge on any atom is -0.459 e. The first-order chi connectivity index (χ1) is 15.7. The molecule has 0 saturated heterocycles. The van der Waals surface area contributed by atoms with Gasteiger partial charge in [0.05, 0.1) is 23.7 Å². The Bertz CT molecular complexity index is 1320. The third-order valence-electron chi connectivity index (χ3n) is 4.46. The molecule has 0 aliphatic heterocycles. The molecule has 4 aromatic rings. The average molecular weight is 475 g/mol. The van der Waals surface area contributed by atoms with Crippen LogP contribution in [0.3, 0.4) is 0 Å². The van der Waals surface area contributed by atoms with E-state index in [0.29, 0.717) is 10.4 Å². The Balaban J connectivity index is 1.60. The summed E-state index contributed by atoms with van der Waals surface area (Å²) in [5.74, 6) is -1.47. The lowest BCUT2D eigenvalue weighted by atomic mass is 10.2. The van der Waals surface area contributed by atoms with Gasteiger partial charge in [-0.15, -0.1) is 0 Å². The molecule has 0 bridgehead atoms. The molecule has 0 unspecified atom stereocenters. The lowest BCUT2D eigenvalue weighted by Crippen LogP contribution is -2.20. The third kappa shape index (κ3) is 4.90. The van der Waals surface area contributed by atoms with Crippen LogP contribution < -0.4 is 10.6 Å². The van der Waals surface area contributed by atoms with Gasteiger partial charge in [-0.25, -0.2) is 4.68 Å². The molecule has 0 saturated carbocycles. The van der Waals surface area contributed by atoms with Gasteiger partial charge in [0.1, 0.15) is 0 Å². The molecule has 7 nitrogen and oxygen atoms in total. The number of nitrogens with zero attached hydrogens (tertiary/aromatic N) is 2. The van der Waals surface area contributed by atoms with E-state index in [2.05, 4.69) is 15.7 Å². The summed E-state index contributed by atoms with van der Waals surface area (Å²) in [5, 5.41) is 8.94. The van der Waals surface area contributed by atoms with Crippen LogP contribution in [-0.4, -0.2) is 21.6 Å². The highest BCUT2D eigenvalue weighted by molar-refractivity contribution is 6.30. The summed E-state index contributed by atoms with van der Waals surface area (Å²) < 4.78 is 47.1. The van der Waals surface area contributed by atoms with Crippen molar-refractivity contribution in [3.8, 4) is 5.69 Å². The van der Waals surface area contributed by atoms with Crippen LogP contribution in [0, 0.1) is 0 Å². The first-order valence-corrected chi connectivity index (χ1v) is 9.77. The van der Waals surface area contributed by atoms with E-state index >= 15 is 0 Å². The van der Waals surface area contributed by atoms with Gasteiger partial charge in [0, 0.05) is 16.4 Å². The van der Waals surface area contributed by atoms with Gasteiger partial charge in [-0.3, -0.25) is 9.59 Å². The Labute approximate surface area is 189 Å². The summed E-state index contributed by atoms with van der Waals surface area (Å²) in [6.45, 7) is 0. The van der Waals surface area contributed by atoms with Crippen LogP contribution in [-0.2, 0) is 6.18 Å². The number of nitrogens with one attached hydrogen (secondary N) is 2. The average Bonchev–Trinajstić information content (AvgIpc) is 3.44. The molecule has 2 aromatic heterocycles. The van der Waals surface area contributed by atoms with Gasteiger partial charge in [0.15, 0.2) is 11.5 Å². The lowest BCUT2D eigenvalue weighted by Gasteiger charge is -2.13. The molecule has 4 rings (SSSR count). The fourth-order valence-electron chi connectivity index (χ4n) is 3.06. The number of rotatable bonds is 5. The second kappa shape index (κ2) is 8.83. The topological polar surface area (TPSA) is 89.2 Å². The van der Waals surface area contributed by atoms with Crippen LogP contribution in [0.2, 0.25) is 5.02 Å². The number of hydrogen-bond acceptors (Lipinski definition) is 4. The summed E-state index contributed by atoms with van der Waals surface area (Å²) in [7, 11) is 0. The van der Waals surface area contributed by atoms with Crippen molar-refractivity contribution in [1.82, 2.24) is 9.78 Å². The zero-order valence-corrected chi connectivity index (χ0v) is 17.3. The quantitative estimate of drug-likeness (QED) is 0.391.